The van der Waals surface area contributed by atoms with Crippen molar-refractivity contribution in [2.45, 2.75) is 35.4 Å². The van der Waals surface area contributed by atoms with E-state index in [9.17, 15) is 20.4 Å². The molecule has 1 aliphatic heterocycles. The van der Waals surface area contributed by atoms with Gasteiger partial charge in [-0.1, -0.05) is 48.5 Å². The molecule has 2 aromatic rings. The van der Waals surface area contributed by atoms with E-state index in [1.165, 1.54) is 0 Å². The van der Waals surface area contributed by atoms with Crippen molar-refractivity contribution in [2.24, 2.45) is 0 Å². The fraction of sp³-hybridized carbons (Fsp3) is 0.368. The number of aliphatic hydroxyl groups excluding tert-OH is 4. The third-order valence-corrected chi connectivity index (χ3v) is 5.72. The summed E-state index contributed by atoms with van der Waals surface area (Å²) in [5.41, 5.74) is 1.33. The van der Waals surface area contributed by atoms with Crippen molar-refractivity contribution in [3.63, 3.8) is 0 Å². The first kappa shape index (κ1) is 18.2. The Kier molecular flexibility index (Phi) is 5.98. The quantitative estimate of drug-likeness (QED) is 0.639. The van der Waals surface area contributed by atoms with Gasteiger partial charge in [-0.25, -0.2) is 0 Å². The maximum atomic E-state index is 10.2. The van der Waals surface area contributed by atoms with E-state index in [4.69, 9.17) is 4.74 Å². The summed E-state index contributed by atoms with van der Waals surface area (Å²) in [5, 5.41) is 38.9. The van der Waals surface area contributed by atoms with Gasteiger partial charge < -0.3 is 25.2 Å². The van der Waals surface area contributed by atoms with Crippen molar-refractivity contribution in [1.82, 2.24) is 0 Å². The lowest BCUT2D eigenvalue weighted by molar-refractivity contribution is -0.0910. The van der Waals surface area contributed by atoms with Gasteiger partial charge >= 0.3 is 0 Å². The number of benzene rings is 2. The predicted octanol–water partition coefficient (Wildman–Crippen LogP) is 1.17. The van der Waals surface area contributed by atoms with Crippen molar-refractivity contribution >= 4 is 11.8 Å². The smallest absolute Gasteiger partial charge is 0.173 e. The summed E-state index contributed by atoms with van der Waals surface area (Å²) >= 11 is 1.13. The van der Waals surface area contributed by atoms with Gasteiger partial charge in [0, 0.05) is 6.42 Å². The molecule has 3 rings (SSSR count). The van der Waals surface area contributed by atoms with Crippen molar-refractivity contribution < 1.29 is 25.2 Å². The molecule has 6 heteroatoms. The van der Waals surface area contributed by atoms with E-state index in [0.717, 1.165) is 22.9 Å². The third kappa shape index (κ3) is 4.16. The second kappa shape index (κ2) is 8.21. The van der Waals surface area contributed by atoms with Crippen LogP contribution in [0.5, 0.6) is 5.75 Å². The minimum atomic E-state index is -1.36. The fourth-order valence-electron chi connectivity index (χ4n) is 2.87. The van der Waals surface area contributed by atoms with Crippen molar-refractivity contribution in [3.8, 4) is 5.75 Å². The van der Waals surface area contributed by atoms with Crippen molar-refractivity contribution in [3.05, 3.63) is 65.7 Å². The lowest BCUT2D eigenvalue weighted by Crippen LogP contribution is -2.55. The molecule has 0 saturated carbocycles. The first-order valence-corrected chi connectivity index (χ1v) is 9.13. The molecule has 0 aliphatic carbocycles. The second-order valence-corrected chi connectivity index (χ2v) is 7.43. The molecule has 1 heterocycles. The van der Waals surface area contributed by atoms with Gasteiger partial charge in [0.1, 0.15) is 18.0 Å². The van der Waals surface area contributed by atoms with Crippen LogP contribution in [0.15, 0.2) is 54.6 Å². The summed E-state index contributed by atoms with van der Waals surface area (Å²) in [6, 6.07) is 17.5. The summed E-state index contributed by atoms with van der Waals surface area (Å²) in [7, 11) is 0. The molecule has 0 radical (unpaired) electrons. The van der Waals surface area contributed by atoms with E-state index in [1.54, 1.807) is 0 Å². The minimum absolute atomic E-state index is 0.304. The molecule has 1 fully saturated rings. The van der Waals surface area contributed by atoms with E-state index < -0.39 is 29.0 Å². The van der Waals surface area contributed by atoms with Gasteiger partial charge in [0.25, 0.3) is 0 Å². The molecule has 0 amide bonds. The summed E-state index contributed by atoms with van der Waals surface area (Å²) in [6.07, 6.45) is -3.11. The third-order valence-electron chi connectivity index (χ3n) is 4.30. The number of thioether (sulfide) groups is 1. The lowest BCUT2D eigenvalue weighted by Gasteiger charge is -2.39. The van der Waals surface area contributed by atoms with Crippen LogP contribution in [0, 0.1) is 0 Å². The number of rotatable bonds is 5. The molecule has 4 N–H and O–H groups in total. The van der Waals surface area contributed by atoms with Gasteiger partial charge in [0.05, 0.1) is 18.0 Å². The Hall–Kier alpha value is -1.57. The highest BCUT2D eigenvalue weighted by atomic mass is 32.2. The van der Waals surface area contributed by atoms with E-state index >= 15 is 0 Å². The van der Waals surface area contributed by atoms with Crippen molar-refractivity contribution in [1.29, 1.82) is 0 Å². The Morgan fingerprint density at radius 2 is 1.52 bits per heavy atom. The summed E-state index contributed by atoms with van der Waals surface area (Å²) in [5.74, 6) is 0.614. The Labute approximate surface area is 150 Å². The molecule has 0 bridgehead atoms. The average molecular weight is 362 g/mol. The molecule has 25 heavy (non-hydrogen) atoms. The molecule has 2 unspecified atom stereocenters. The van der Waals surface area contributed by atoms with E-state index in [-0.39, 0.29) is 6.61 Å². The lowest BCUT2D eigenvalue weighted by atomic mass is 10.0. The van der Waals surface area contributed by atoms with Crippen molar-refractivity contribution in [2.75, 3.05) is 6.61 Å². The standard InChI is InChI=1S/C19H22O5S/c20-11-15-16(21)17(22)18(23)19(25-15)24-14-9-5-4-8-13(14)10-12-6-2-1-3-7-12/h1-9,15-23H,10-11H2/t15?,16-,17+,18?,19-/m1/s1. The van der Waals surface area contributed by atoms with Crippen LogP contribution in [0.3, 0.4) is 0 Å². The van der Waals surface area contributed by atoms with Gasteiger partial charge in [-0.15, -0.1) is 11.8 Å². The largest absolute Gasteiger partial charge is 0.477 e. The van der Waals surface area contributed by atoms with Gasteiger partial charge in [-0.05, 0) is 17.2 Å². The molecular formula is C19H22O5S. The zero-order chi connectivity index (χ0) is 17.8. The minimum Gasteiger partial charge on any atom is -0.477 e. The SMILES string of the molecule is OCC1S[C@@H](Oc2ccccc2Cc2ccccc2)C(O)[C@@H](O)[C@@H]1O. The van der Waals surface area contributed by atoms with Crippen LogP contribution >= 0.6 is 11.8 Å². The molecule has 0 aromatic heterocycles. The monoisotopic (exact) mass is 362 g/mol. The fourth-order valence-corrected chi connectivity index (χ4v) is 4.10. The van der Waals surface area contributed by atoms with E-state index in [2.05, 4.69) is 0 Å². The van der Waals surface area contributed by atoms with Gasteiger partial charge in [-0.3, -0.25) is 0 Å². The second-order valence-electron chi connectivity index (χ2n) is 6.09. The molecule has 1 aliphatic rings. The van der Waals surface area contributed by atoms with Crippen LogP contribution in [0.2, 0.25) is 0 Å². The van der Waals surface area contributed by atoms with Crippen LogP contribution in [0.4, 0.5) is 0 Å². The first-order chi connectivity index (χ1) is 12.1. The Balaban J connectivity index is 1.78. The highest BCUT2D eigenvalue weighted by Crippen LogP contribution is 2.35. The molecule has 5 nitrogen and oxygen atoms in total. The van der Waals surface area contributed by atoms with Gasteiger partial charge in [-0.2, -0.15) is 0 Å². The van der Waals surface area contributed by atoms with Crippen LogP contribution in [0.25, 0.3) is 0 Å². The summed E-state index contributed by atoms with van der Waals surface area (Å²) in [4.78, 5) is 0. The zero-order valence-electron chi connectivity index (χ0n) is 13.6. The Morgan fingerprint density at radius 1 is 0.840 bits per heavy atom. The molecule has 0 spiro atoms. The number of ether oxygens (including phenoxy) is 1. The maximum Gasteiger partial charge on any atom is 0.173 e. The van der Waals surface area contributed by atoms with E-state index in [1.807, 2.05) is 54.6 Å². The number of aliphatic hydroxyl groups is 4. The zero-order valence-corrected chi connectivity index (χ0v) is 14.4. The normalized spacial score (nSPS) is 29.4. The van der Waals surface area contributed by atoms with Gasteiger partial charge in [0.15, 0.2) is 5.44 Å². The van der Waals surface area contributed by atoms with Crippen LogP contribution in [0.1, 0.15) is 11.1 Å². The average Bonchev–Trinajstić information content (AvgIpc) is 2.64. The van der Waals surface area contributed by atoms with Crippen LogP contribution < -0.4 is 4.74 Å². The topological polar surface area (TPSA) is 90.2 Å². The number of hydrogen-bond acceptors (Lipinski definition) is 6. The highest BCUT2D eigenvalue weighted by molar-refractivity contribution is 8.00. The maximum absolute atomic E-state index is 10.2. The Bertz CT molecular complexity index is 679. The van der Waals surface area contributed by atoms with E-state index in [0.29, 0.717) is 12.2 Å². The molecule has 5 atom stereocenters. The predicted molar refractivity (Wildman–Crippen MR) is 96.6 cm³/mol. The van der Waals surface area contributed by atoms with Crippen LogP contribution in [-0.2, 0) is 6.42 Å². The number of para-hydroxylation sites is 1. The highest BCUT2D eigenvalue weighted by Gasteiger charge is 2.44. The summed E-state index contributed by atoms with van der Waals surface area (Å²) in [6.45, 7) is -0.304. The molecule has 134 valence electrons. The summed E-state index contributed by atoms with van der Waals surface area (Å²) < 4.78 is 5.95. The first-order valence-electron chi connectivity index (χ1n) is 8.19. The molecule has 1 saturated heterocycles. The number of hydrogen-bond donors (Lipinski definition) is 4. The van der Waals surface area contributed by atoms with Crippen LogP contribution in [-0.4, -0.2) is 56.0 Å². The molecular weight excluding hydrogens is 340 g/mol. The Morgan fingerprint density at radius 3 is 2.24 bits per heavy atom. The molecule has 2 aromatic carbocycles. The van der Waals surface area contributed by atoms with Gasteiger partial charge in [0.2, 0.25) is 0 Å².